The molecule has 0 aliphatic carbocycles. The normalized spacial score (nSPS) is 29.2. The van der Waals surface area contributed by atoms with Gasteiger partial charge in [-0.05, 0) is 15.9 Å². The van der Waals surface area contributed by atoms with E-state index in [1.165, 1.54) is 6.33 Å². The van der Waals surface area contributed by atoms with Crippen LogP contribution in [0.4, 0.5) is 5.82 Å². The molecular formula is C12H15BrN4O4. The predicted molar refractivity (Wildman–Crippen MR) is 77.8 cm³/mol. The number of nitrogens with zero attached hydrogens (tertiary/aromatic N) is 3. The number of aliphatic hydroxyl groups excluding tert-OH is 3. The number of aromatic nitrogens is 3. The predicted octanol–water partition coefficient (Wildman–Crippen LogP) is -0.153. The van der Waals surface area contributed by atoms with Gasteiger partial charge in [0.2, 0.25) is 0 Å². The molecule has 1 unspecified atom stereocenters. The van der Waals surface area contributed by atoms with Crippen molar-refractivity contribution in [1.29, 1.82) is 0 Å². The minimum absolute atomic E-state index is 0.369. The van der Waals surface area contributed by atoms with E-state index in [1.54, 1.807) is 17.8 Å². The van der Waals surface area contributed by atoms with E-state index in [0.717, 1.165) is 9.86 Å². The summed E-state index contributed by atoms with van der Waals surface area (Å²) in [6.07, 6.45) is -0.851. The van der Waals surface area contributed by atoms with Crippen LogP contribution >= 0.6 is 15.9 Å². The highest BCUT2D eigenvalue weighted by atomic mass is 79.9. The first-order valence-corrected chi connectivity index (χ1v) is 7.19. The zero-order chi connectivity index (χ0) is 15.1. The third-order valence-corrected chi connectivity index (χ3v) is 4.19. The van der Waals surface area contributed by atoms with Gasteiger partial charge in [0.25, 0.3) is 0 Å². The van der Waals surface area contributed by atoms with Crippen LogP contribution in [0.15, 0.2) is 17.0 Å². The zero-order valence-corrected chi connectivity index (χ0v) is 12.7. The molecule has 0 amide bonds. The third-order valence-electron chi connectivity index (χ3n) is 3.59. The molecule has 1 fully saturated rings. The van der Waals surface area contributed by atoms with Gasteiger partial charge in [0.1, 0.15) is 36.1 Å². The molecule has 4 N–H and O–H groups in total. The Morgan fingerprint density at radius 2 is 2.14 bits per heavy atom. The lowest BCUT2D eigenvalue weighted by molar-refractivity contribution is -0.0509. The molecule has 1 aliphatic heterocycles. The van der Waals surface area contributed by atoms with E-state index in [-0.39, 0.29) is 6.61 Å². The molecule has 3 heterocycles. The second-order valence-electron chi connectivity index (χ2n) is 4.78. The van der Waals surface area contributed by atoms with Crippen molar-refractivity contribution in [1.82, 2.24) is 14.5 Å². The van der Waals surface area contributed by atoms with Crippen LogP contribution in [0.25, 0.3) is 11.0 Å². The quantitative estimate of drug-likeness (QED) is 0.603. The number of ether oxygens (including phenoxy) is 1. The first kappa shape index (κ1) is 14.7. The summed E-state index contributed by atoms with van der Waals surface area (Å²) in [5.41, 5.74) is 0.552. The Hall–Kier alpha value is -1.26. The first-order valence-electron chi connectivity index (χ1n) is 6.39. The van der Waals surface area contributed by atoms with Crippen molar-refractivity contribution in [3.63, 3.8) is 0 Å². The van der Waals surface area contributed by atoms with Crippen molar-refractivity contribution >= 4 is 32.8 Å². The fourth-order valence-corrected chi connectivity index (χ4v) is 3.12. The smallest absolute Gasteiger partial charge is 0.164 e. The van der Waals surface area contributed by atoms with E-state index in [4.69, 9.17) is 9.84 Å². The Kier molecular flexibility index (Phi) is 3.84. The zero-order valence-electron chi connectivity index (χ0n) is 11.1. The molecule has 0 spiro atoms. The SMILES string of the molecule is CNc1ncnc2c1c(Br)cn2C1O[C@H](CO)[C@@H](O)[C@H]1O. The summed E-state index contributed by atoms with van der Waals surface area (Å²) in [7, 11) is 1.75. The standard InChI is InChI=1S/C12H15BrN4O4/c1-14-10-7-5(13)2-17(11(7)16-4-15-10)12-9(20)8(19)6(3-18)21-12/h2,4,6,8-9,12,18-20H,3H2,1H3,(H,14,15,16)/t6-,8-,9-,12?/m1/s1. The van der Waals surface area contributed by atoms with Crippen LogP contribution in [-0.2, 0) is 4.74 Å². The van der Waals surface area contributed by atoms with E-state index in [9.17, 15) is 10.2 Å². The lowest BCUT2D eigenvalue weighted by Gasteiger charge is -2.17. The second kappa shape index (κ2) is 5.50. The monoisotopic (exact) mass is 358 g/mol. The molecule has 114 valence electrons. The van der Waals surface area contributed by atoms with Crippen LogP contribution in [0.5, 0.6) is 0 Å². The van der Waals surface area contributed by atoms with Crippen molar-refractivity contribution in [2.45, 2.75) is 24.5 Å². The Balaban J connectivity index is 2.10. The lowest BCUT2D eigenvalue weighted by Crippen LogP contribution is -2.33. The Labute approximate surface area is 128 Å². The maximum Gasteiger partial charge on any atom is 0.164 e. The summed E-state index contributed by atoms with van der Waals surface area (Å²) in [6, 6.07) is 0. The van der Waals surface area contributed by atoms with Gasteiger partial charge in [0, 0.05) is 17.7 Å². The van der Waals surface area contributed by atoms with Gasteiger partial charge in [-0.1, -0.05) is 0 Å². The highest BCUT2D eigenvalue weighted by Crippen LogP contribution is 2.36. The van der Waals surface area contributed by atoms with Gasteiger partial charge < -0.3 is 29.9 Å². The molecule has 3 rings (SSSR count). The van der Waals surface area contributed by atoms with E-state index >= 15 is 0 Å². The van der Waals surface area contributed by atoms with E-state index in [0.29, 0.717) is 11.5 Å². The number of hydrogen-bond donors (Lipinski definition) is 4. The number of hydrogen-bond acceptors (Lipinski definition) is 7. The summed E-state index contributed by atoms with van der Waals surface area (Å²) < 4.78 is 7.88. The van der Waals surface area contributed by atoms with Crippen molar-refractivity contribution in [2.24, 2.45) is 0 Å². The average Bonchev–Trinajstić information content (AvgIpc) is 2.98. The molecule has 4 atom stereocenters. The maximum atomic E-state index is 10.1. The fourth-order valence-electron chi connectivity index (χ4n) is 2.53. The number of fused-ring (bicyclic) bond motifs is 1. The Morgan fingerprint density at radius 1 is 1.38 bits per heavy atom. The molecule has 0 saturated carbocycles. The molecule has 9 heteroatoms. The van der Waals surface area contributed by atoms with Crippen LogP contribution in [0.2, 0.25) is 0 Å². The van der Waals surface area contributed by atoms with Gasteiger partial charge in [-0.15, -0.1) is 0 Å². The van der Waals surface area contributed by atoms with Gasteiger partial charge in [-0.3, -0.25) is 0 Å². The van der Waals surface area contributed by atoms with Gasteiger partial charge in [-0.2, -0.15) is 0 Å². The van der Waals surface area contributed by atoms with Crippen molar-refractivity contribution in [3.05, 3.63) is 17.0 Å². The van der Waals surface area contributed by atoms with Crippen LogP contribution < -0.4 is 5.32 Å². The maximum absolute atomic E-state index is 10.1. The summed E-state index contributed by atoms with van der Waals surface area (Å²) in [5.74, 6) is 0.636. The minimum atomic E-state index is -1.15. The molecular weight excluding hydrogens is 344 g/mol. The van der Waals surface area contributed by atoms with Crippen molar-refractivity contribution in [3.8, 4) is 0 Å². The fraction of sp³-hybridized carbons (Fsp3) is 0.500. The molecule has 2 aromatic heterocycles. The molecule has 8 nitrogen and oxygen atoms in total. The molecule has 1 aliphatic rings. The minimum Gasteiger partial charge on any atom is -0.394 e. The van der Waals surface area contributed by atoms with Crippen molar-refractivity contribution < 1.29 is 20.1 Å². The first-order chi connectivity index (χ1) is 10.1. The number of halogens is 1. The lowest BCUT2D eigenvalue weighted by atomic mass is 10.1. The van der Waals surface area contributed by atoms with Crippen LogP contribution in [0.3, 0.4) is 0 Å². The van der Waals surface area contributed by atoms with Crippen molar-refractivity contribution in [2.75, 3.05) is 19.0 Å². The number of anilines is 1. The van der Waals surface area contributed by atoms with Gasteiger partial charge in [0.15, 0.2) is 6.23 Å². The highest BCUT2D eigenvalue weighted by Gasteiger charge is 2.44. The molecule has 21 heavy (non-hydrogen) atoms. The van der Waals surface area contributed by atoms with Crippen LogP contribution in [-0.4, -0.2) is 61.8 Å². The molecule has 0 radical (unpaired) electrons. The van der Waals surface area contributed by atoms with Crippen LogP contribution in [0.1, 0.15) is 6.23 Å². The number of aliphatic hydroxyl groups is 3. The third kappa shape index (κ3) is 2.21. The highest BCUT2D eigenvalue weighted by molar-refractivity contribution is 9.10. The van der Waals surface area contributed by atoms with Crippen LogP contribution in [0, 0.1) is 0 Å². The second-order valence-corrected chi connectivity index (χ2v) is 5.64. The van der Waals surface area contributed by atoms with Gasteiger partial charge in [0.05, 0.1) is 12.0 Å². The summed E-state index contributed by atoms with van der Waals surface area (Å²) in [4.78, 5) is 8.35. The molecule has 1 saturated heterocycles. The van der Waals surface area contributed by atoms with Gasteiger partial charge >= 0.3 is 0 Å². The molecule has 0 aromatic carbocycles. The molecule has 0 bridgehead atoms. The summed E-state index contributed by atoms with van der Waals surface area (Å²) in [5, 5.41) is 32.9. The molecule has 2 aromatic rings. The van der Waals surface area contributed by atoms with E-state index < -0.39 is 24.5 Å². The largest absolute Gasteiger partial charge is 0.394 e. The average molecular weight is 359 g/mol. The summed E-state index contributed by atoms with van der Waals surface area (Å²) in [6.45, 7) is -0.369. The summed E-state index contributed by atoms with van der Waals surface area (Å²) >= 11 is 3.43. The Morgan fingerprint density at radius 3 is 2.76 bits per heavy atom. The Bertz CT molecular complexity index is 664. The van der Waals surface area contributed by atoms with Gasteiger partial charge in [-0.25, -0.2) is 9.97 Å². The number of rotatable bonds is 3. The van der Waals surface area contributed by atoms with E-state index in [1.807, 2.05) is 0 Å². The number of nitrogens with one attached hydrogen (secondary N) is 1. The topological polar surface area (TPSA) is 113 Å². The van der Waals surface area contributed by atoms with E-state index in [2.05, 4.69) is 31.2 Å².